The van der Waals surface area contributed by atoms with Crippen molar-refractivity contribution in [2.75, 3.05) is 13.9 Å². The first-order chi connectivity index (χ1) is 10.7. The molecule has 1 heterocycles. The van der Waals surface area contributed by atoms with Crippen LogP contribution in [-0.4, -0.2) is 13.9 Å². The van der Waals surface area contributed by atoms with Crippen molar-refractivity contribution in [1.82, 2.24) is 0 Å². The number of nitriles is 1. The van der Waals surface area contributed by atoms with E-state index in [1.165, 1.54) is 0 Å². The average molecular weight is 314 g/mol. The summed E-state index contributed by atoms with van der Waals surface area (Å²) in [5.74, 6) is 1.89. The number of methoxy groups -OCH3 is 1. The highest BCUT2D eigenvalue weighted by atomic mass is 35.5. The molecule has 0 saturated heterocycles. The van der Waals surface area contributed by atoms with Crippen LogP contribution in [0.15, 0.2) is 36.4 Å². The number of fused-ring (bicyclic) bond motifs is 1. The number of halogens is 1. The Bertz CT molecular complexity index is 776. The first kappa shape index (κ1) is 14.3. The standard InChI is InChI=1S/C17H12ClNO3/c1-20-15-8-17-16(21-10-22-17)7-12(15)6-13(9-19)11-2-4-14(18)5-3-11/h2-8H,10H2,1H3. The maximum Gasteiger partial charge on any atom is 0.231 e. The average Bonchev–Trinajstić information content (AvgIpc) is 2.99. The molecule has 2 aromatic carbocycles. The predicted octanol–water partition coefficient (Wildman–Crippen LogP) is 4.14. The van der Waals surface area contributed by atoms with Gasteiger partial charge in [0.2, 0.25) is 6.79 Å². The molecule has 3 rings (SSSR count). The lowest BCUT2D eigenvalue weighted by molar-refractivity contribution is 0.174. The van der Waals surface area contributed by atoms with E-state index in [1.807, 2.05) is 0 Å². The van der Waals surface area contributed by atoms with Crippen LogP contribution in [0.25, 0.3) is 11.6 Å². The summed E-state index contributed by atoms with van der Waals surface area (Å²) in [4.78, 5) is 0. The summed E-state index contributed by atoms with van der Waals surface area (Å²) < 4.78 is 16.1. The number of allylic oxidation sites excluding steroid dienone is 1. The van der Waals surface area contributed by atoms with Crippen molar-refractivity contribution in [2.24, 2.45) is 0 Å². The molecule has 0 aromatic heterocycles. The molecule has 0 aliphatic carbocycles. The van der Waals surface area contributed by atoms with Gasteiger partial charge in [0.15, 0.2) is 11.5 Å². The van der Waals surface area contributed by atoms with Crippen molar-refractivity contribution in [3.8, 4) is 23.3 Å². The molecule has 0 amide bonds. The van der Waals surface area contributed by atoms with Crippen molar-refractivity contribution >= 4 is 23.3 Å². The fourth-order valence-electron chi connectivity index (χ4n) is 2.19. The summed E-state index contributed by atoms with van der Waals surface area (Å²) in [6.07, 6.45) is 1.75. The second kappa shape index (κ2) is 6.00. The molecule has 0 spiro atoms. The Balaban J connectivity index is 2.06. The van der Waals surface area contributed by atoms with E-state index in [9.17, 15) is 5.26 Å². The SMILES string of the molecule is COc1cc2c(cc1C=C(C#N)c1ccc(Cl)cc1)OCO2. The Morgan fingerprint density at radius 2 is 1.91 bits per heavy atom. The highest BCUT2D eigenvalue weighted by Crippen LogP contribution is 2.39. The van der Waals surface area contributed by atoms with Crippen molar-refractivity contribution < 1.29 is 14.2 Å². The highest BCUT2D eigenvalue weighted by Gasteiger charge is 2.17. The van der Waals surface area contributed by atoms with Crippen LogP contribution in [0.3, 0.4) is 0 Å². The minimum absolute atomic E-state index is 0.188. The Labute approximate surface area is 133 Å². The van der Waals surface area contributed by atoms with Crippen LogP contribution in [0.5, 0.6) is 17.2 Å². The van der Waals surface area contributed by atoms with Crippen LogP contribution < -0.4 is 14.2 Å². The summed E-state index contributed by atoms with van der Waals surface area (Å²) in [5, 5.41) is 10.0. The first-order valence-electron chi connectivity index (χ1n) is 6.56. The van der Waals surface area contributed by atoms with Crippen LogP contribution in [0.2, 0.25) is 5.02 Å². The van der Waals surface area contributed by atoms with Gasteiger partial charge in [-0.25, -0.2) is 0 Å². The fraction of sp³-hybridized carbons (Fsp3) is 0.118. The largest absolute Gasteiger partial charge is 0.496 e. The third-order valence-corrected chi connectivity index (χ3v) is 3.55. The molecule has 0 N–H and O–H groups in total. The van der Waals surface area contributed by atoms with Crippen molar-refractivity contribution in [2.45, 2.75) is 0 Å². The second-order valence-corrected chi connectivity index (χ2v) is 5.06. The van der Waals surface area contributed by atoms with Gasteiger partial charge in [-0.15, -0.1) is 0 Å². The minimum Gasteiger partial charge on any atom is -0.496 e. The van der Waals surface area contributed by atoms with Gasteiger partial charge in [0.25, 0.3) is 0 Å². The predicted molar refractivity (Wildman–Crippen MR) is 84.1 cm³/mol. The number of ether oxygens (including phenoxy) is 3. The number of rotatable bonds is 3. The smallest absolute Gasteiger partial charge is 0.231 e. The molecule has 110 valence electrons. The molecule has 0 unspecified atom stereocenters. The van der Waals surface area contributed by atoms with Crippen LogP contribution >= 0.6 is 11.6 Å². The first-order valence-corrected chi connectivity index (χ1v) is 6.94. The quantitative estimate of drug-likeness (QED) is 0.631. The van der Waals surface area contributed by atoms with E-state index >= 15 is 0 Å². The van der Waals surface area contributed by atoms with Gasteiger partial charge in [-0.3, -0.25) is 0 Å². The molecule has 0 atom stereocenters. The summed E-state index contributed by atoms with van der Waals surface area (Å²) >= 11 is 5.88. The molecule has 0 radical (unpaired) electrons. The molecular weight excluding hydrogens is 302 g/mol. The molecule has 0 bridgehead atoms. The summed E-state index contributed by atoms with van der Waals surface area (Å²) in [6, 6.07) is 12.9. The second-order valence-electron chi connectivity index (χ2n) is 4.62. The molecule has 5 heteroatoms. The third kappa shape index (κ3) is 2.72. The van der Waals surface area contributed by atoms with E-state index < -0.39 is 0 Å². The Morgan fingerprint density at radius 3 is 2.55 bits per heavy atom. The Morgan fingerprint density at radius 1 is 1.23 bits per heavy atom. The van der Waals surface area contributed by atoms with Gasteiger partial charge in [-0.1, -0.05) is 23.7 Å². The minimum atomic E-state index is 0.188. The van der Waals surface area contributed by atoms with E-state index in [2.05, 4.69) is 6.07 Å². The molecule has 22 heavy (non-hydrogen) atoms. The monoisotopic (exact) mass is 313 g/mol. The van der Waals surface area contributed by atoms with Gasteiger partial charge in [0.1, 0.15) is 5.75 Å². The molecule has 1 aliphatic rings. The highest BCUT2D eigenvalue weighted by molar-refractivity contribution is 6.30. The normalized spacial score (nSPS) is 12.9. The molecule has 0 fully saturated rings. The maximum absolute atomic E-state index is 9.42. The number of nitrogens with zero attached hydrogens (tertiary/aromatic N) is 1. The van der Waals surface area contributed by atoms with Gasteiger partial charge in [-0.2, -0.15) is 5.26 Å². The van der Waals surface area contributed by atoms with E-state index in [0.29, 0.717) is 27.8 Å². The van der Waals surface area contributed by atoms with E-state index in [4.69, 9.17) is 25.8 Å². The lowest BCUT2D eigenvalue weighted by atomic mass is 10.0. The van der Waals surface area contributed by atoms with Gasteiger partial charge in [0, 0.05) is 16.7 Å². The zero-order chi connectivity index (χ0) is 15.5. The van der Waals surface area contributed by atoms with Gasteiger partial charge >= 0.3 is 0 Å². The van der Waals surface area contributed by atoms with E-state index in [0.717, 1.165) is 11.1 Å². The van der Waals surface area contributed by atoms with Gasteiger partial charge in [0.05, 0.1) is 18.8 Å². The fourth-order valence-corrected chi connectivity index (χ4v) is 2.32. The molecule has 0 saturated carbocycles. The third-order valence-electron chi connectivity index (χ3n) is 3.30. The Hall–Kier alpha value is -2.64. The molecule has 2 aromatic rings. The topological polar surface area (TPSA) is 51.5 Å². The van der Waals surface area contributed by atoms with Crippen LogP contribution in [0.4, 0.5) is 0 Å². The van der Waals surface area contributed by atoms with Crippen LogP contribution in [-0.2, 0) is 0 Å². The lowest BCUT2D eigenvalue weighted by Crippen LogP contribution is -1.92. The van der Waals surface area contributed by atoms with Crippen molar-refractivity contribution in [1.29, 1.82) is 5.26 Å². The van der Waals surface area contributed by atoms with Crippen LogP contribution in [0.1, 0.15) is 11.1 Å². The number of hydrogen-bond donors (Lipinski definition) is 0. The van der Waals surface area contributed by atoms with Crippen molar-refractivity contribution in [3.63, 3.8) is 0 Å². The summed E-state index contributed by atoms with van der Waals surface area (Å²) in [5.41, 5.74) is 2.04. The number of benzene rings is 2. The zero-order valence-electron chi connectivity index (χ0n) is 11.8. The summed E-state index contributed by atoms with van der Waals surface area (Å²) in [7, 11) is 1.57. The molecular formula is C17H12ClNO3. The maximum atomic E-state index is 9.42. The zero-order valence-corrected chi connectivity index (χ0v) is 12.6. The van der Waals surface area contributed by atoms with Gasteiger partial charge in [-0.05, 0) is 29.8 Å². The van der Waals surface area contributed by atoms with Crippen molar-refractivity contribution in [3.05, 3.63) is 52.5 Å². The molecule has 1 aliphatic heterocycles. The van der Waals surface area contributed by atoms with Crippen LogP contribution in [0, 0.1) is 11.3 Å². The van der Waals surface area contributed by atoms with E-state index in [1.54, 1.807) is 49.6 Å². The van der Waals surface area contributed by atoms with E-state index in [-0.39, 0.29) is 6.79 Å². The Kier molecular flexibility index (Phi) is 3.90. The number of hydrogen-bond acceptors (Lipinski definition) is 4. The molecule has 4 nitrogen and oxygen atoms in total. The summed E-state index contributed by atoms with van der Waals surface area (Å²) in [6.45, 7) is 0.188. The van der Waals surface area contributed by atoms with Gasteiger partial charge < -0.3 is 14.2 Å². The lowest BCUT2D eigenvalue weighted by Gasteiger charge is -2.07.